The van der Waals surface area contributed by atoms with Crippen molar-refractivity contribution in [1.29, 1.82) is 0 Å². The van der Waals surface area contributed by atoms with Gasteiger partial charge in [0.1, 0.15) is 11.2 Å². The monoisotopic (exact) mass is 312 g/mol. The zero-order chi connectivity index (χ0) is 15.7. The first kappa shape index (κ1) is 14.5. The molecule has 1 atom stereocenters. The summed E-state index contributed by atoms with van der Waals surface area (Å²) in [6.45, 7) is 0.724. The van der Waals surface area contributed by atoms with Crippen molar-refractivity contribution in [2.45, 2.75) is 50.2 Å². The molecule has 1 amide bonds. The second-order valence-corrected chi connectivity index (χ2v) is 6.50. The lowest BCUT2D eigenvalue weighted by Crippen LogP contribution is -2.47. The van der Waals surface area contributed by atoms with E-state index in [0.717, 1.165) is 32.3 Å². The van der Waals surface area contributed by atoms with E-state index in [1.54, 1.807) is 24.5 Å². The number of nitrogens with one attached hydrogen (secondary N) is 1. The molecule has 0 bridgehead atoms. The van der Waals surface area contributed by atoms with Crippen LogP contribution >= 0.6 is 0 Å². The van der Waals surface area contributed by atoms with Crippen LogP contribution in [0, 0.1) is 0 Å². The average molecular weight is 312 g/mol. The first-order valence-electron chi connectivity index (χ1n) is 8.27. The number of fused-ring (bicyclic) bond motifs is 1. The molecule has 1 aliphatic carbocycles. The molecule has 4 rings (SSSR count). The maximum atomic E-state index is 12.5. The summed E-state index contributed by atoms with van der Waals surface area (Å²) in [7, 11) is 0. The molecule has 1 spiro atoms. The molecule has 0 unspecified atom stereocenters. The minimum atomic E-state index is -0.141. The number of carbonyl (C=O) groups excluding carboxylic acids is 1. The second-order valence-electron chi connectivity index (χ2n) is 6.50. The van der Waals surface area contributed by atoms with Crippen LogP contribution in [-0.2, 0) is 4.74 Å². The van der Waals surface area contributed by atoms with Gasteiger partial charge in [0.25, 0.3) is 5.91 Å². The quantitative estimate of drug-likeness (QED) is 0.920. The van der Waals surface area contributed by atoms with Crippen LogP contribution in [0.2, 0.25) is 0 Å². The van der Waals surface area contributed by atoms with Crippen molar-refractivity contribution in [2.24, 2.45) is 0 Å². The number of hydrogen-bond acceptors (Lipinski definition) is 5. The molecule has 1 N–H and O–H groups in total. The zero-order valence-electron chi connectivity index (χ0n) is 13.0. The smallest absolute Gasteiger partial charge is 0.270 e. The summed E-state index contributed by atoms with van der Waals surface area (Å²) in [6.07, 6.45) is 9.66. The van der Waals surface area contributed by atoms with Crippen LogP contribution < -0.4 is 5.32 Å². The fourth-order valence-electron chi connectivity index (χ4n) is 3.76. The SMILES string of the molecule is O=C(N[C@H]1CCOC2(CCCC2)C1)c1ccc2nccnc2n1. The van der Waals surface area contributed by atoms with Crippen molar-refractivity contribution in [3.8, 4) is 0 Å². The lowest BCUT2D eigenvalue weighted by Gasteiger charge is -2.38. The molecule has 0 radical (unpaired) electrons. The van der Waals surface area contributed by atoms with Gasteiger partial charge in [0.15, 0.2) is 5.65 Å². The molecule has 1 saturated heterocycles. The molecule has 2 aromatic rings. The van der Waals surface area contributed by atoms with Crippen molar-refractivity contribution in [2.75, 3.05) is 6.61 Å². The summed E-state index contributed by atoms with van der Waals surface area (Å²) in [5, 5.41) is 3.12. The predicted molar refractivity (Wildman–Crippen MR) is 85.0 cm³/mol. The number of hydrogen-bond donors (Lipinski definition) is 1. The van der Waals surface area contributed by atoms with E-state index >= 15 is 0 Å². The molecule has 1 aliphatic heterocycles. The fourth-order valence-corrected chi connectivity index (χ4v) is 3.76. The van der Waals surface area contributed by atoms with E-state index in [1.165, 1.54) is 12.8 Å². The standard InChI is InChI=1S/C17H20N4O2/c22-16(14-4-3-13-15(21-14)19-9-8-18-13)20-12-5-10-23-17(11-12)6-1-2-7-17/h3-4,8-9,12H,1-2,5-7,10-11H2,(H,20,22)/t12-/m0/s1. The van der Waals surface area contributed by atoms with Crippen molar-refractivity contribution < 1.29 is 9.53 Å². The second kappa shape index (κ2) is 5.85. The van der Waals surface area contributed by atoms with E-state index in [2.05, 4.69) is 20.3 Å². The molecule has 2 aromatic heterocycles. The van der Waals surface area contributed by atoms with Gasteiger partial charge in [0.05, 0.1) is 5.60 Å². The van der Waals surface area contributed by atoms with Crippen LogP contribution in [0.25, 0.3) is 11.2 Å². The Morgan fingerprint density at radius 1 is 1.22 bits per heavy atom. The summed E-state index contributed by atoms with van der Waals surface area (Å²) < 4.78 is 6.02. The summed E-state index contributed by atoms with van der Waals surface area (Å²) in [6, 6.07) is 3.65. The van der Waals surface area contributed by atoms with Crippen LogP contribution in [0.3, 0.4) is 0 Å². The van der Waals surface area contributed by atoms with Gasteiger partial charge in [0, 0.05) is 25.0 Å². The van der Waals surface area contributed by atoms with E-state index in [1.807, 2.05) is 0 Å². The van der Waals surface area contributed by atoms with E-state index in [0.29, 0.717) is 16.9 Å². The topological polar surface area (TPSA) is 77.0 Å². The molecule has 6 nitrogen and oxygen atoms in total. The van der Waals surface area contributed by atoms with Gasteiger partial charge in [-0.3, -0.25) is 9.78 Å². The highest BCUT2D eigenvalue weighted by Gasteiger charge is 2.40. The van der Waals surface area contributed by atoms with E-state index in [4.69, 9.17) is 4.74 Å². The van der Waals surface area contributed by atoms with Crippen LogP contribution in [0.15, 0.2) is 24.5 Å². The van der Waals surface area contributed by atoms with Gasteiger partial charge in [-0.15, -0.1) is 0 Å². The van der Waals surface area contributed by atoms with Gasteiger partial charge >= 0.3 is 0 Å². The summed E-state index contributed by atoms with van der Waals surface area (Å²) in [4.78, 5) is 25.1. The van der Waals surface area contributed by atoms with Crippen LogP contribution in [0.4, 0.5) is 0 Å². The number of rotatable bonds is 2. The number of amides is 1. The van der Waals surface area contributed by atoms with Gasteiger partial charge in [-0.1, -0.05) is 12.8 Å². The minimum absolute atomic E-state index is 0.00150. The normalized spacial score (nSPS) is 23.2. The Hall–Kier alpha value is -2.08. The Morgan fingerprint density at radius 2 is 2.04 bits per heavy atom. The molecule has 2 aliphatic rings. The molecular weight excluding hydrogens is 292 g/mol. The van der Waals surface area contributed by atoms with Gasteiger partial charge in [0.2, 0.25) is 0 Å². The summed E-state index contributed by atoms with van der Waals surface area (Å²) in [5.41, 5.74) is 1.59. The highest BCUT2D eigenvalue weighted by atomic mass is 16.5. The number of aromatic nitrogens is 3. The Labute approximate surface area is 134 Å². The molecule has 1 saturated carbocycles. The number of pyridine rings is 1. The third kappa shape index (κ3) is 2.91. The Kier molecular flexibility index (Phi) is 3.69. The first-order chi connectivity index (χ1) is 11.2. The average Bonchev–Trinajstić information content (AvgIpc) is 3.02. The van der Waals surface area contributed by atoms with Gasteiger partial charge in [-0.05, 0) is 37.8 Å². The largest absolute Gasteiger partial charge is 0.375 e. The van der Waals surface area contributed by atoms with Gasteiger partial charge < -0.3 is 10.1 Å². The highest BCUT2D eigenvalue weighted by molar-refractivity contribution is 5.94. The molecule has 120 valence electrons. The molecule has 3 heterocycles. The third-order valence-electron chi connectivity index (χ3n) is 4.91. The van der Waals surface area contributed by atoms with Crippen LogP contribution in [0.1, 0.15) is 49.0 Å². The van der Waals surface area contributed by atoms with Crippen molar-refractivity contribution in [3.63, 3.8) is 0 Å². The third-order valence-corrected chi connectivity index (χ3v) is 4.91. The minimum Gasteiger partial charge on any atom is -0.375 e. The molecule has 23 heavy (non-hydrogen) atoms. The van der Waals surface area contributed by atoms with Crippen molar-refractivity contribution in [1.82, 2.24) is 20.3 Å². The van der Waals surface area contributed by atoms with Gasteiger partial charge in [-0.25, -0.2) is 9.97 Å². The summed E-state index contributed by atoms with van der Waals surface area (Å²) in [5.74, 6) is -0.141. The van der Waals surface area contributed by atoms with E-state index < -0.39 is 0 Å². The Balaban J connectivity index is 1.48. The molecular formula is C17H20N4O2. The van der Waals surface area contributed by atoms with Crippen LogP contribution in [-0.4, -0.2) is 39.1 Å². The lowest BCUT2D eigenvalue weighted by molar-refractivity contribution is -0.0823. The van der Waals surface area contributed by atoms with E-state index in [-0.39, 0.29) is 17.6 Å². The maximum Gasteiger partial charge on any atom is 0.270 e. The van der Waals surface area contributed by atoms with E-state index in [9.17, 15) is 4.79 Å². The Morgan fingerprint density at radius 3 is 2.91 bits per heavy atom. The predicted octanol–water partition coefficient (Wildman–Crippen LogP) is 2.25. The Bertz CT molecular complexity index is 727. The van der Waals surface area contributed by atoms with Crippen molar-refractivity contribution in [3.05, 3.63) is 30.2 Å². The van der Waals surface area contributed by atoms with Crippen molar-refractivity contribution >= 4 is 17.1 Å². The maximum absolute atomic E-state index is 12.5. The number of carbonyl (C=O) groups is 1. The van der Waals surface area contributed by atoms with Crippen LogP contribution in [0.5, 0.6) is 0 Å². The molecule has 2 fully saturated rings. The summed E-state index contributed by atoms with van der Waals surface area (Å²) >= 11 is 0. The zero-order valence-corrected chi connectivity index (χ0v) is 13.0. The molecule has 6 heteroatoms. The van der Waals surface area contributed by atoms with Gasteiger partial charge in [-0.2, -0.15) is 0 Å². The highest BCUT2D eigenvalue weighted by Crippen LogP contribution is 2.39. The number of nitrogens with zero attached hydrogens (tertiary/aromatic N) is 3. The molecule has 0 aromatic carbocycles. The lowest BCUT2D eigenvalue weighted by atomic mass is 9.89. The fraction of sp³-hybridized carbons (Fsp3) is 0.529. The number of ether oxygens (including phenoxy) is 1. The first-order valence-corrected chi connectivity index (χ1v) is 8.27.